The highest BCUT2D eigenvalue weighted by atomic mass is 16.4. The van der Waals surface area contributed by atoms with E-state index in [4.69, 9.17) is 0 Å². The Morgan fingerprint density at radius 1 is 1.33 bits per heavy atom. The Hall–Kier alpha value is -1.26. The highest BCUT2D eigenvalue weighted by molar-refractivity contribution is 5.86. The standard InChI is InChI=1S/C13H24N2O3/c1-4-13(5-2,11(16)17)15-12(18)14-9(3)10-7-6-8-10/h9-10H,4-8H2,1-3H3,(H,16,17)(H2,14,15,18). The average molecular weight is 256 g/mol. The molecule has 0 aromatic carbocycles. The van der Waals surface area contributed by atoms with Gasteiger partial charge in [-0.05, 0) is 38.5 Å². The largest absolute Gasteiger partial charge is 0.480 e. The second-order valence-electron chi connectivity index (χ2n) is 5.17. The molecule has 1 aliphatic carbocycles. The van der Waals surface area contributed by atoms with Gasteiger partial charge < -0.3 is 15.7 Å². The summed E-state index contributed by atoms with van der Waals surface area (Å²) < 4.78 is 0. The van der Waals surface area contributed by atoms with Crippen molar-refractivity contribution in [1.82, 2.24) is 10.6 Å². The minimum atomic E-state index is -1.15. The molecule has 1 fully saturated rings. The van der Waals surface area contributed by atoms with E-state index in [1.807, 2.05) is 6.92 Å². The predicted molar refractivity (Wildman–Crippen MR) is 69.4 cm³/mol. The number of nitrogens with one attached hydrogen (secondary N) is 2. The molecule has 0 radical (unpaired) electrons. The van der Waals surface area contributed by atoms with Crippen molar-refractivity contribution in [3.8, 4) is 0 Å². The fraction of sp³-hybridized carbons (Fsp3) is 0.846. The lowest BCUT2D eigenvalue weighted by Gasteiger charge is -2.34. The van der Waals surface area contributed by atoms with Crippen LogP contribution in [-0.2, 0) is 4.79 Å². The second-order valence-corrected chi connectivity index (χ2v) is 5.17. The molecular weight excluding hydrogens is 232 g/mol. The molecule has 1 unspecified atom stereocenters. The second kappa shape index (κ2) is 6.07. The predicted octanol–water partition coefficient (Wildman–Crippen LogP) is 2.12. The molecule has 5 nitrogen and oxygen atoms in total. The highest BCUT2D eigenvalue weighted by Gasteiger charge is 2.37. The summed E-state index contributed by atoms with van der Waals surface area (Å²) >= 11 is 0. The summed E-state index contributed by atoms with van der Waals surface area (Å²) in [5.41, 5.74) is -1.15. The first-order chi connectivity index (χ1) is 8.45. The number of carbonyl (C=O) groups excluding carboxylic acids is 1. The number of aliphatic carboxylic acids is 1. The maximum atomic E-state index is 11.9. The van der Waals surface area contributed by atoms with Gasteiger partial charge in [-0.1, -0.05) is 20.3 Å². The van der Waals surface area contributed by atoms with Gasteiger partial charge in [-0.25, -0.2) is 9.59 Å². The lowest BCUT2D eigenvalue weighted by molar-refractivity contribution is -0.144. The number of carboxylic acid groups (broad SMARTS) is 1. The molecule has 1 saturated carbocycles. The molecule has 104 valence electrons. The van der Waals surface area contributed by atoms with Gasteiger partial charge in [0.2, 0.25) is 0 Å². The third-order valence-electron chi connectivity index (χ3n) is 4.19. The van der Waals surface area contributed by atoms with Crippen LogP contribution in [0.4, 0.5) is 4.79 Å². The van der Waals surface area contributed by atoms with E-state index in [0.29, 0.717) is 18.8 Å². The Bertz CT molecular complexity index is 309. The van der Waals surface area contributed by atoms with Crippen LogP contribution in [0.1, 0.15) is 52.9 Å². The van der Waals surface area contributed by atoms with Crippen LogP contribution in [0.3, 0.4) is 0 Å². The van der Waals surface area contributed by atoms with Gasteiger partial charge in [-0.15, -0.1) is 0 Å². The summed E-state index contributed by atoms with van der Waals surface area (Å²) in [6.07, 6.45) is 4.27. The molecule has 5 heteroatoms. The van der Waals surface area contributed by atoms with E-state index in [-0.39, 0.29) is 12.1 Å². The Balaban J connectivity index is 2.53. The molecule has 3 N–H and O–H groups in total. The topological polar surface area (TPSA) is 78.4 Å². The third-order valence-corrected chi connectivity index (χ3v) is 4.19. The molecule has 0 aromatic heterocycles. The third kappa shape index (κ3) is 3.15. The molecule has 2 amide bonds. The quantitative estimate of drug-likeness (QED) is 0.681. The number of rotatable bonds is 6. The van der Waals surface area contributed by atoms with E-state index < -0.39 is 11.5 Å². The maximum absolute atomic E-state index is 11.9. The number of urea groups is 1. The van der Waals surface area contributed by atoms with Gasteiger partial charge >= 0.3 is 12.0 Å². The first-order valence-electron chi connectivity index (χ1n) is 6.77. The Morgan fingerprint density at radius 3 is 2.22 bits per heavy atom. The summed E-state index contributed by atoms with van der Waals surface area (Å²) in [6.45, 7) is 5.52. The average Bonchev–Trinajstić information content (AvgIpc) is 2.22. The van der Waals surface area contributed by atoms with Crippen LogP contribution in [0.25, 0.3) is 0 Å². The highest BCUT2D eigenvalue weighted by Crippen LogP contribution is 2.29. The fourth-order valence-electron chi connectivity index (χ4n) is 2.30. The first-order valence-corrected chi connectivity index (χ1v) is 6.77. The van der Waals surface area contributed by atoms with E-state index in [2.05, 4.69) is 10.6 Å². The van der Waals surface area contributed by atoms with Crippen molar-refractivity contribution in [2.75, 3.05) is 0 Å². The van der Waals surface area contributed by atoms with Gasteiger partial charge in [0.1, 0.15) is 5.54 Å². The van der Waals surface area contributed by atoms with Crippen LogP contribution in [0.15, 0.2) is 0 Å². The number of carboxylic acids is 1. The zero-order valence-corrected chi connectivity index (χ0v) is 11.5. The van der Waals surface area contributed by atoms with E-state index in [9.17, 15) is 14.7 Å². The molecule has 0 spiro atoms. The molecule has 1 atom stereocenters. The summed E-state index contributed by atoms with van der Waals surface area (Å²) in [5, 5.41) is 14.7. The van der Waals surface area contributed by atoms with Gasteiger partial charge in [0.05, 0.1) is 0 Å². The summed E-state index contributed by atoms with van der Waals surface area (Å²) in [7, 11) is 0. The van der Waals surface area contributed by atoms with Crippen LogP contribution in [0, 0.1) is 5.92 Å². The molecule has 0 aromatic rings. The summed E-state index contributed by atoms with van der Waals surface area (Å²) in [5.74, 6) is -0.433. The molecule has 0 aliphatic heterocycles. The minimum Gasteiger partial charge on any atom is -0.480 e. The van der Waals surface area contributed by atoms with Crippen molar-refractivity contribution in [1.29, 1.82) is 0 Å². The smallest absolute Gasteiger partial charge is 0.329 e. The van der Waals surface area contributed by atoms with Crippen molar-refractivity contribution >= 4 is 12.0 Å². The van der Waals surface area contributed by atoms with E-state index in [1.54, 1.807) is 13.8 Å². The number of amides is 2. The van der Waals surface area contributed by atoms with Crippen LogP contribution in [0.5, 0.6) is 0 Å². The van der Waals surface area contributed by atoms with Gasteiger partial charge in [0.25, 0.3) is 0 Å². The van der Waals surface area contributed by atoms with Gasteiger partial charge in [0, 0.05) is 6.04 Å². The van der Waals surface area contributed by atoms with Crippen molar-refractivity contribution in [2.45, 2.75) is 64.5 Å². The van der Waals surface area contributed by atoms with Gasteiger partial charge in [0.15, 0.2) is 0 Å². The number of hydrogen-bond acceptors (Lipinski definition) is 2. The van der Waals surface area contributed by atoms with Crippen molar-refractivity contribution < 1.29 is 14.7 Å². The molecule has 1 aliphatic rings. The van der Waals surface area contributed by atoms with Gasteiger partial charge in [-0.3, -0.25) is 0 Å². The van der Waals surface area contributed by atoms with Crippen molar-refractivity contribution in [3.05, 3.63) is 0 Å². The van der Waals surface area contributed by atoms with Crippen molar-refractivity contribution in [2.24, 2.45) is 5.92 Å². The first kappa shape index (κ1) is 14.8. The molecule has 1 rings (SSSR count). The van der Waals surface area contributed by atoms with E-state index in [1.165, 1.54) is 6.42 Å². The fourth-order valence-corrected chi connectivity index (χ4v) is 2.30. The zero-order chi connectivity index (χ0) is 13.8. The normalized spacial score (nSPS) is 17.7. The Morgan fingerprint density at radius 2 is 1.89 bits per heavy atom. The molecule has 18 heavy (non-hydrogen) atoms. The summed E-state index contributed by atoms with van der Waals surface area (Å²) in [6, 6.07) is -0.264. The zero-order valence-electron chi connectivity index (χ0n) is 11.5. The van der Waals surface area contributed by atoms with Gasteiger partial charge in [-0.2, -0.15) is 0 Å². The SMILES string of the molecule is CCC(CC)(NC(=O)NC(C)C1CCC1)C(=O)O. The monoisotopic (exact) mass is 256 g/mol. The van der Waals surface area contributed by atoms with Crippen LogP contribution < -0.4 is 10.6 Å². The van der Waals surface area contributed by atoms with E-state index >= 15 is 0 Å². The van der Waals surface area contributed by atoms with Crippen LogP contribution in [0.2, 0.25) is 0 Å². The Labute approximate surface area is 108 Å². The lowest BCUT2D eigenvalue weighted by atomic mass is 9.80. The van der Waals surface area contributed by atoms with Crippen molar-refractivity contribution in [3.63, 3.8) is 0 Å². The van der Waals surface area contributed by atoms with Crippen LogP contribution >= 0.6 is 0 Å². The van der Waals surface area contributed by atoms with Crippen LogP contribution in [-0.4, -0.2) is 28.7 Å². The minimum absolute atomic E-state index is 0.110. The number of hydrogen-bond donors (Lipinski definition) is 3. The molecule has 0 bridgehead atoms. The van der Waals surface area contributed by atoms with E-state index in [0.717, 1.165) is 12.8 Å². The molecule has 0 saturated heterocycles. The molecule has 0 heterocycles. The summed E-state index contributed by atoms with van der Waals surface area (Å²) in [4.78, 5) is 23.1. The molecular formula is C13H24N2O3. The number of carbonyl (C=O) groups is 2. The lowest BCUT2D eigenvalue weighted by Crippen LogP contribution is -2.58. The maximum Gasteiger partial charge on any atom is 0.329 e. The Kier molecular flexibility index (Phi) is 4.99.